The minimum Gasteiger partial charge on any atom is -0.394 e. The predicted octanol–water partition coefficient (Wildman–Crippen LogP) is 2.36. The van der Waals surface area contributed by atoms with Crippen LogP contribution < -0.4 is 21.3 Å². The molecule has 93 heavy (non-hydrogen) atoms. The van der Waals surface area contributed by atoms with E-state index in [-0.39, 0.29) is 63.2 Å². The van der Waals surface area contributed by atoms with Crippen LogP contribution in [0.1, 0.15) is 136 Å². The van der Waals surface area contributed by atoms with Crippen molar-refractivity contribution in [1.29, 1.82) is 0 Å². The van der Waals surface area contributed by atoms with Crippen LogP contribution in [-0.2, 0) is 62.2 Å². The molecule has 6 N–H and O–H groups in total. The molecular weight excluding hydrogens is 1200 g/mol. The van der Waals surface area contributed by atoms with Crippen molar-refractivity contribution < 1.29 is 72.4 Å². The van der Waals surface area contributed by atoms with Gasteiger partial charge in [-0.05, 0) is 83.0 Å². The molecule has 0 spiro atoms. The van der Waals surface area contributed by atoms with E-state index in [0.29, 0.717) is 0 Å². The van der Waals surface area contributed by atoms with Gasteiger partial charge in [-0.15, -0.1) is 13.2 Å². The Kier molecular flexibility index (Phi) is 36.1. The highest BCUT2D eigenvalue weighted by molar-refractivity contribution is 6.00. The number of hydrogen-bond acceptors (Lipinski definition) is 15. The molecule has 0 saturated carbocycles. The molecule has 530 valence electrons. The summed E-state index contributed by atoms with van der Waals surface area (Å²) in [5.41, 5.74) is 0. The molecule has 0 aromatic heterocycles. The lowest BCUT2D eigenvalue weighted by Crippen LogP contribution is -2.65. The van der Waals surface area contributed by atoms with E-state index in [2.05, 4.69) is 34.4 Å². The molecule has 1 aliphatic rings. The van der Waals surface area contributed by atoms with Gasteiger partial charge in [0.15, 0.2) is 0 Å². The zero-order valence-corrected chi connectivity index (χ0v) is 59.9. The third-order valence-corrected chi connectivity index (χ3v) is 16.9. The van der Waals surface area contributed by atoms with Crippen LogP contribution in [-0.4, -0.2) is 263 Å². The van der Waals surface area contributed by atoms with Gasteiger partial charge in [-0.3, -0.25) is 52.7 Å². The number of ether oxygens (including phenoxy) is 2. The molecule has 0 bridgehead atoms. The van der Waals surface area contributed by atoms with Crippen molar-refractivity contribution in [1.82, 2.24) is 55.6 Å². The van der Waals surface area contributed by atoms with E-state index in [1.54, 1.807) is 60.6 Å². The monoisotopic (exact) mass is 1320 g/mol. The van der Waals surface area contributed by atoms with Gasteiger partial charge in [0.2, 0.25) is 65.0 Å². The first-order valence-electron chi connectivity index (χ1n) is 32.7. The molecule has 0 aliphatic carbocycles. The molecule has 14 atom stereocenters. The number of amides is 11. The topological polar surface area (TPSA) is 317 Å². The number of carbonyl (C=O) groups excluding carboxylic acids is 11. The number of aliphatic hydroxyl groups excluding tert-OH is 2. The summed E-state index contributed by atoms with van der Waals surface area (Å²) < 4.78 is 11.8. The Labute approximate surface area is 554 Å². The van der Waals surface area contributed by atoms with Gasteiger partial charge in [-0.2, -0.15) is 0 Å². The summed E-state index contributed by atoms with van der Waals surface area (Å²) in [5.74, 6) is -11.1. The third-order valence-electron chi connectivity index (χ3n) is 16.9. The maximum atomic E-state index is 15.3. The Hall–Kier alpha value is -6.77. The van der Waals surface area contributed by atoms with Gasteiger partial charge in [-0.1, -0.05) is 107 Å². The molecule has 26 heteroatoms. The minimum atomic E-state index is -1.73. The molecule has 1 fully saturated rings. The SMILES string of the molecule is C=CCOC[C@@H]1C(=O)N(C)C([C@@H](C)OCCO)C(=O)N[C@@H](C(C)C)C(=O)N(C)[C@@H](CC(C)C)C(=O)N[C@@H](C)C(=O)N[C@H](C)C(=O)N(C)[C@@H](CC(C)C)C(=O)N(C)[C@@H](CC(C)C)C(=O)N(C)[C@@H](C(C)C)C(=O)N(C)[C@@H]([C@H](O)[C@H](C)/C=C/C)C(=O)N[C@@H](CC)C(=O)N1CC=C. The average molecular weight is 1320 g/mol. The van der Waals surface area contributed by atoms with E-state index in [9.17, 15) is 29.4 Å². The molecular formula is C67H117N11O15. The number of rotatable bonds is 22. The Balaban J connectivity index is 4.63. The van der Waals surface area contributed by atoms with Crippen LogP contribution in [0.2, 0.25) is 0 Å². The second-order valence-corrected chi connectivity index (χ2v) is 26.7. The summed E-state index contributed by atoms with van der Waals surface area (Å²) in [6.07, 6.45) is 3.46. The summed E-state index contributed by atoms with van der Waals surface area (Å²) in [5, 5.41) is 33.0. The fourth-order valence-electron chi connectivity index (χ4n) is 11.5. The molecule has 1 aliphatic heterocycles. The lowest BCUT2D eigenvalue weighted by molar-refractivity contribution is -0.158. The smallest absolute Gasteiger partial charge is 0.248 e. The molecule has 1 unspecified atom stereocenters. The summed E-state index contributed by atoms with van der Waals surface area (Å²) in [6, 6.07) is -15.2. The molecule has 0 radical (unpaired) electrons. The van der Waals surface area contributed by atoms with Gasteiger partial charge in [0, 0.05) is 54.7 Å². The maximum absolute atomic E-state index is 15.3. The van der Waals surface area contributed by atoms with Crippen molar-refractivity contribution in [3.8, 4) is 0 Å². The largest absolute Gasteiger partial charge is 0.394 e. The van der Waals surface area contributed by atoms with Gasteiger partial charge in [-0.25, -0.2) is 0 Å². The molecule has 1 rings (SSSR count). The van der Waals surface area contributed by atoms with E-state index in [4.69, 9.17) is 9.47 Å². The first-order chi connectivity index (χ1) is 43.3. The zero-order chi connectivity index (χ0) is 71.8. The van der Waals surface area contributed by atoms with Crippen LogP contribution in [0, 0.1) is 35.5 Å². The van der Waals surface area contributed by atoms with Gasteiger partial charge in [0.25, 0.3) is 0 Å². The Bertz CT molecular complexity index is 2560. The molecule has 0 aromatic carbocycles. The number of aliphatic hydroxyl groups is 2. The summed E-state index contributed by atoms with van der Waals surface area (Å²) >= 11 is 0. The number of nitrogens with one attached hydrogen (secondary N) is 4. The van der Waals surface area contributed by atoms with E-state index >= 15 is 33.6 Å². The van der Waals surface area contributed by atoms with Crippen molar-refractivity contribution in [2.75, 3.05) is 75.3 Å². The minimum absolute atomic E-state index is 0.0932. The van der Waals surface area contributed by atoms with Crippen LogP contribution in [0.15, 0.2) is 37.5 Å². The highest BCUT2D eigenvalue weighted by Gasteiger charge is 2.47. The average Bonchev–Trinajstić information content (AvgIpc) is 0.823. The third kappa shape index (κ3) is 23.6. The summed E-state index contributed by atoms with van der Waals surface area (Å²) in [6.45, 7) is 32.9. The van der Waals surface area contributed by atoms with Crippen molar-refractivity contribution >= 4 is 65.0 Å². The number of allylic oxidation sites excluding steroid dienone is 1. The maximum Gasteiger partial charge on any atom is 0.248 e. The Morgan fingerprint density at radius 2 is 0.978 bits per heavy atom. The second kappa shape index (κ2) is 39.8. The van der Waals surface area contributed by atoms with Crippen LogP contribution >= 0.6 is 0 Å². The molecule has 26 nitrogen and oxygen atoms in total. The van der Waals surface area contributed by atoms with Crippen LogP contribution in [0.25, 0.3) is 0 Å². The molecule has 0 aromatic rings. The van der Waals surface area contributed by atoms with Gasteiger partial charge >= 0.3 is 0 Å². The number of carbonyl (C=O) groups is 11. The highest BCUT2D eigenvalue weighted by atomic mass is 16.5. The normalized spacial score (nSPS) is 26.6. The van der Waals surface area contributed by atoms with Crippen molar-refractivity contribution in [2.24, 2.45) is 35.5 Å². The second-order valence-electron chi connectivity index (χ2n) is 26.7. The molecule has 1 heterocycles. The Morgan fingerprint density at radius 1 is 0.516 bits per heavy atom. The Morgan fingerprint density at radius 3 is 1.45 bits per heavy atom. The lowest BCUT2D eigenvalue weighted by Gasteiger charge is -2.41. The van der Waals surface area contributed by atoms with Gasteiger partial charge in [0.05, 0.1) is 38.6 Å². The van der Waals surface area contributed by atoms with E-state index in [1.165, 1.54) is 94.8 Å². The molecule has 1 saturated heterocycles. The quantitative estimate of drug-likeness (QED) is 0.0670. The van der Waals surface area contributed by atoms with Gasteiger partial charge in [0.1, 0.15) is 66.5 Å². The number of likely N-dealkylation sites (N-methyl/N-ethyl adjacent to an activating group) is 6. The predicted molar refractivity (Wildman–Crippen MR) is 356 cm³/mol. The van der Waals surface area contributed by atoms with Crippen LogP contribution in [0.3, 0.4) is 0 Å². The van der Waals surface area contributed by atoms with Crippen molar-refractivity contribution in [3.05, 3.63) is 37.5 Å². The number of nitrogens with zero attached hydrogens (tertiary/aromatic N) is 7. The van der Waals surface area contributed by atoms with Crippen LogP contribution in [0.4, 0.5) is 0 Å². The zero-order valence-electron chi connectivity index (χ0n) is 59.9. The first kappa shape index (κ1) is 84.2. The fourth-order valence-corrected chi connectivity index (χ4v) is 11.5. The van der Waals surface area contributed by atoms with Crippen molar-refractivity contribution in [2.45, 2.75) is 215 Å². The highest BCUT2D eigenvalue weighted by Crippen LogP contribution is 2.26. The van der Waals surface area contributed by atoms with E-state index in [1.807, 2.05) is 41.5 Å². The summed E-state index contributed by atoms with van der Waals surface area (Å²) in [7, 11) is 8.25. The lowest BCUT2D eigenvalue weighted by atomic mass is 9.93. The number of hydrogen-bond donors (Lipinski definition) is 6. The van der Waals surface area contributed by atoms with Crippen molar-refractivity contribution in [3.63, 3.8) is 0 Å². The first-order valence-corrected chi connectivity index (χ1v) is 32.7. The van der Waals surface area contributed by atoms with E-state index < -0.39 is 175 Å². The van der Waals surface area contributed by atoms with Crippen LogP contribution in [0.5, 0.6) is 0 Å². The summed E-state index contributed by atoms with van der Waals surface area (Å²) in [4.78, 5) is 172. The fraction of sp³-hybridized carbons (Fsp3) is 0.746. The standard InChI is InChI=1S/C67H117N11O15/c1-25-29-43(15)56(80)55-60(84)70-47(28-4)62(86)78(30-26-2)51(37-92-32-27-3)65(89)76(23)54(46(18)93-33-31-79)59(83)71-52(41(11)12)66(90)72(19)48(34-38(5)6)58(82)68-44(16)57(81)69-45(17)61(85)73(20)49(35-39(7)8)63(87)74(21)50(36-40(9)10)64(88)75(22)53(42(13)14)67(91)77(55)24/h25-27,29,38-56,79-80H,2-3,28,30-37H2,1,4-24H3,(H,68,82)(H,69,81)(H,70,84)(H,71,83)/b29-25+/t43-,44+,45-,46-,47+,48+,49+,50+,51-,52+,53+,54?,55+,56-/m1/s1. The molecule has 11 amide bonds. The van der Waals surface area contributed by atoms with E-state index in [0.717, 1.165) is 14.7 Å². The van der Waals surface area contributed by atoms with Gasteiger partial charge < -0.3 is 75.3 Å².